The van der Waals surface area contributed by atoms with E-state index in [4.69, 9.17) is 44.3 Å². The second-order valence-electron chi connectivity index (χ2n) is 9.91. The zero-order chi connectivity index (χ0) is 22.3. The fourth-order valence-electron chi connectivity index (χ4n) is 6.49. The summed E-state index contributed by atoms with van der Waals surface area (Å²) in [6, 6.07) is 9.40. The molecule has 3 nitrogen and oxygen atoms in total. The summed E-state index contributed by atoms with van der Waals surface area (Å²) in [6.07, 6.45) is 8.29. The molecular formula is C26H30Cl3NO2. The maximum Gasteiger partial charge on any atom is 0.163 e. The lowest BCUT2D eigenvalue weighted by Crippen LogP contribution is -2.58. The molecule has 0 aromatic heterocycles. The third-order valence-corrected chi connectivity index (χ3v) is 8.57. The van der Waals surface area contributed by atoms with Crippen LogP contribution in [0.2, 0.25) is 15.1 Å². The Hall–Kier alpha value is -1.13. The number of hydrogen-bond donors (Lipinski definition) is 1. The number of halogens is 3. The monoisotopic (exact) mass is 493 g/mol. The van der Waals surface area contributed by atoms with E-state index < -0.39 is 0 Å². The van der Waals surface area contributed by atoms with E-state index in [0.717, 1.165) is 41.2 Å². The predicted molar refractivity (Wildman–Crippen MR) is 131 cm³/mol. The molecule has 4 saturated carbocycles. The summed E-state index contributed by atoms with van der Waals surface area (Å²) in [4.78, 5) is 0. The Labute approximate surface area is 205 Å². The van der Waals surface area contributed by atoms with Gasteiger partial charge < -0.3 is 14.8 Å². The van der Waals surface area contributed by atoms with Gasteiger partial charge in [-0.2, -0.15) is 0 Å². The van der Waals surface area contributed by atoms with E-state index in [0.29, 0.717) is 39.6 Å². The van der Waals surface area contributed by atoms with Crippen molar-refractivity contribution in [2.45, 2.75) is 64.1 Å². The highest BCUT2D eigenvalue weighted by Crippen LogP contribution is 2.55. The van der Waals surface area contributed by atoms with Crippen molar-refractivity contribution in [2.75, 3.05) is 6.61 Å². The largest absolute Gasteiger partial charge is 0.490 e. The molecule has 2 aromatic carbocycles. The first-order valence-electron chi connectivity index (χ1n) is 11.7. The molecule has 2 aromatic rings. The van der Waals surface area contributed by atoms with Gasteiger partial charge in [0.15, 0.2) is 11.5 Å². The van der Waals surface area contributed by atoms with Crippen LogP contribution in [0.3, 0.4) is 0 Å². The number of nitrogens with one attached hydrogen (secondary N) is 1. The van der Waals surface area contributed by atoms with Crippen molar-refractivity contribution < 1.29 is 9.47 Å². The highest BCUT2D eigenvalue weighted by molar-refractivity contribution is 6.42. The summed E-state index contributed by atoms with van der Waals surface area (Å²) >= 11 is 18.8. The Morgan fingerprint density at radius 1 is 0.844 bits per heavy atom. The average Bonchev–Trinajstić information content (AvgIpc) is 2.74. The Morgan fingerprint density at radius 3 is 2.12 bits per heavy atom. The quantitative estimate of drug-likeness (QED) is 0.408. The van der Waals surface area contributed by atoms with Gasteiger partial charge in [0.25, 0.3) is 0 Å². The van der Waals surface area contributed by atoms with Gasteiger partial charge in [0.05, 0.1) is 16.7 Å². The van der Waals surface area contributed by atoms with Crippen LogP contribution in [0.1, 0.15) is 56.6 Å². The number of hydrogen-bond acceptors (Lipinski definition) is 3. The lowest BCUT2D eigenvalue weighted by Gasteiger charge is -2.57. The van der Waals surface area contributed by atoms with E-state index in [9.17, 15) is 0 Å². The first-order chi connectivity index (χ1) is 15.4. The van der Waals surface area contributed by atoms with Crippen LogP contribution in [-0.2, 0) is 13.2 Å². The summed E-state index contributed by atoms with van der Waals surface area (Å²) in [5.41, 5.74) is 2.30. The lowest BCUT2D eigenvalue weighted by molar-refractivity contribution is -0.0206. The van der Waals surface area contributed by atoms with Gasteiger partial charge in [-0.3, -0.25) is 0 Å². The minimum Gasteiger partial charge on any atom is -0.490 e. The number of ether oxygens (including phenoxy) is 2. The van der Waals surface area contributed by atoms with Crippen molar-refractivity contribution >= 4 is 34.8 Å². The molecule has 4 aliphatic rings. The molecule has 0 unspecified atom stereocenters. The van der Waals surface area contributed by atoms with E-state index in [-0.39, 0.29) is 0 Å². The Bertz CT molecular complexity index is 958. The normalized spacial score (nSPS) is 28.2. The lowest BCUT2D eigenvalue weighted by atomic mass is 9.53. The zero-order valence-electron chi connectivity index (χ0n) is 18.4. The molecule has 4 aliphatic carbocycles. The van der Waals surface area contributed by atoms with E-state index in [1.807, 2.05) is 31.2 Å². The first kappa shape index (κ1) is 22.7. The molecule has 0 heterocycles. The van der Waals surface area contributed by atoms with E-state index in [1.165, 1.54) is 38.5 Å². The standard InChI is InChI=1S/C26H30Cl3NO2/c1-2-31-24-9-20(14-30-26-11-17-5-18(12-26)7-19(6-17)13-26)22(28)10-25(24)32-15-16-3-4-21(27)23(29)8-16/h3-4,8-10,17-19,30H,2,5-7,11-15H2,1H3. The van der Waals surface area contributed by atoms with Crippen LogP contribution >= 0.6 is 34.8 Å². The molecule has 0 aliphatic heterocycles. The van der Waals surface area contributed by atoms with Crippen LogP contribution in [0.5, 0.6) is 11.5 Å². The minimum atomic E-state index is 0.298. The molecule has 0 spiro atoms. The van der Waals surface area contributed by atoms with Gasteiger partial charge in [0.1, 0.15) is 6.61 Å². The molecule has 0 amide bonds. The highest BCUT2D eigenvalue weighted by Gasteiger charge is 2.50. The molecule has 172 valence electrons. The topological polar surface area (TPSA) is 30.5 Å². The molecule has 32 heavy (non-hydrogen) atoms. The van der Waals surface area contributed by atoms with Gasteiger partial charge in [-0.1, -0.05) is 40.9 Å². The Morgan fingerprint density at radius 2 is 1.50 bits per heavy atom. The molecule has 0 radical (unpaired) electrons. The van der Waals surface area contributed by atoms with Crippen molar-refractivity contribution in [2.24, 2.45) is 17.8 Å². The fourth-order valence-corrected chi connectivity index (χ4v) is 7.04. The number of rotatable bonds is 8. The van der Waals surface area contributed by atoms with Gasteiger partial charge >= 0.3 is 0 Å². The van der Waals surface area contributed by atoms with Crippen LogP contribution in [0.4, 0.5) is 0 Å². The molecule has 6 rings (SSSR count). The van der Waals surface area contributed by atoms with Crippen LogP contribution in [0.25, 0.3) is 0 Å². The summed E-state index contributed by atoms with van der Waals surface area (Å²) in [5, 5.41) is 5.69. The molecule has 4 bridgehead atoms. The van der Waals surface area contributed by atoms with E-state index in [1.54, 1.807) is 6.07 Å². The fraction of sp³-hybridized carbons (Fsp3) is 0.538. The van der Waals surface area contributed by atoms with Crippen LogP contribution in [0.15, 0.2) is 30.3 Å². The van der Waals surface area contributed by atoms with Crippen molar-refractivity contribution in [3.63, 3.8) is 0 Å². The van der Waals surface area contributed by atoms with Crippen LogP contribution in [0, 0.1) is 17.8 Å². The second-order valence-corrected chi connectivity index (χ2v) is 11.1. The van der Waals surface area contributed by atoms with Crippen LogP contribution < -0.4 is 14.8 Å². The Kier molecular flexibility index (Phi) is 6.55. The summed E-state index contributed by atoms with van der Waals surface area (Å²) in [7, 11) is 0. The molecule has 6 heteroatoms. The zero-order valence-corrected chi connectivity index (χ0v) is 20.7. The van der Waals surface area contributed by atoms with Crippen molar-refractivity contribution in [3.05, 3.63) is 56.5 Å². The average molecular weight is 495 g/mol. The predicted octanol–water partition coefficient (Wildman–Crippen LogP) is 7.68. The second kappa shape index (κ2) is 9.25. The minimum absolute atomic E-state index is 0.298. The molecule has 0 saturated heterocycles. The van der Waals surface area contributed by atoms with Gasteiger partial charge in [-0.15, -0.1) is 0 Å². The van der Waals surface area contributed by atoms with E-state index in [2.05, 4.69) is 5.32 Å². The van der Waals surface area contributed by atoms with Crippen molar-refractivity contribution in [1.82, 2.24) is 5.32 Å². The summed E-state index contributed by atoms with van der Waals surface area (Å²) in [5.74, 6) is 4.11. The molecule has 4 fully saturated rings. The molecular weight excluding hydrogens is 465 g/mol. The van der Waals surface area contributed by atoms with Gasteiger partial charge in [0.2, 0.25) is 0 Å². The van der Waals surface area contributed by atoms with Gasteiger partial charge in [0, 0.05) is 23.2 Å². The summed E-state index contributed by atoms with van der Waals surface area (Å²) in [6.45, 7) is 3.66. The third-order valence-electron chi connectivity index (χ3n) is 7.48. The van der Waals surface area contributed by atoms with Crippen LogP contribution in [-0.4, -0.2) is 12.1 Å². The smallest absolute Gasteiger partial charge is 0.163 e. The van der Waals surface area contributed by atoms with Gasteiger partial charge in [-0.05, 0) is 92.5 Å². The number of benzene rings is 2. The molecule has 1 N–H and O–H groups in total. The maximum absolute atomic E-state index is 6.70. The van der Waals surface area contributed by atoms with E-state index >= 15 is 0 Å². The molecule has 0 atom stereocenters. The highest BCUT2D eigenvalue weighted by atomic mass is 35.5. The van der Waals surface area contributed by atoms with Crippen molar-refractivity contribution in [3.8, 4) is 11.5 Å². The Balaban J connectivity index is 1.29. The first-order valence-corrected chi connectivity index (χ1v) is 12.8. The van der Waals surface area contributed by atoms with Crippen molar-refractivity contribution in [1.29, 1.82) is 0 Å². The third kappa shape index (κ3) is 4.73. The maximum atomic E-state index is 6.70. The summed E-state index contributed by atoms with van der Waals surface area (Å²) < 4.78 is 12.0. The van der Waals surface area contributed by atoms with Gasteiger partial charge in [-0.25, -0.2) is 0 Å². The SMILES string of the molecule is CCOc1cc(CNC23CC4CC(CC(C4)C2)C3)c(Cl)cc1OCc1ccc(Cl)c(Cl)c1.